The molecule has 2 rings (SSSR count). The normalized spacial score (nSPS) is 12.1. The summed E-state index contributed by atoms with van der Waals surface area (Å²) in [5.41, 5.74) is 0.847. The number of guanidine groups is 1. The Hall–Kier alpha value is -1.68. The Kier molecular flexibility index (Phi) is 11.1. The first-order valence-electron chi connectivity index (χ1n) is 9.01. The third-order valence-electron chi connectivity index (χ3n) is 4.11. The van der Waals surface area contributed by atoms with Crippen LogP contribution < -0.4 is 16.0 Å². The van der Waals surface area contributed by atoms with Gasteiger partial charge in [0.1, 0.15) is 5.82 Å². The quantitative estimate of drug-likeness (QED) is 0.217. The first kappa shape index (κ1) is 24.4. The van der Waals surface area contributed by atoms with E-state index in [-0.39, 0.29) is 35.7 Å². The monoisotopic (exact) mass is 518 g/mol. The molecule has 1 amide bonds. The molecule has 8 heteroatoms. The van der Waals surface area contributed by atoms with E-state index < -0.39 is 0 Å². The third-order valence-corrected chi connectivity index (χ3v) is 5.01. The molecule has 0 radical (unpaired) electrons. The van der Waals surface area contributed by atoms with Crippen LogP contribution in [0.3, 0.4) is 0 Å². The largest absolute Gasteiger partial charge is 0.356 e. The summed E-state index contributed by atoms with van der Waals surface area (Å²) in [5.74, 6) is 0.521. The summed E-state index contributed by atoms with van der Waals surface area (Å²) in [4.78, 5) is 17.6. The highest BCUT2D eigenvalue weighted by atomic mass is 127. The van der Waals surface area contributed by atoms with E-state index in [1.165, 1.54) is 10.9 Å². The van der Waals surface area contributed by atoms with Crippen LogP contribution in [0.4, 0.5) is 4.39 Å². The lowest BCUT2D eigenvalue weighted by molar-refractivity contribution is 0.0954. The van der Waals surface area contributed by atoms with Gasteiger partial charge in [-0.1, -0.05) is 19.1 Å². The van der Waals surface area contributed by atoms with Crippen molar-refractivity contribution in [3.63, 3.8) is 0 Å². The van der Waals surface area contributed by atoms with E-state index in [2.05, 4.69) is 45.4 Å². The topological polar surface area (TPSA) is 65.5 Å². The van der Waals surface area contributed by atoms with Crippen LogP contribution in [0.25, 0.3) is 0 Å². The molecule has 1 aromatic heterocycles. The van der Waals surface area contributed by atoms with E-state index in [9.17, 15) is 9.18 Å². The minimum Gasteiger partial charge on any atom is -0.356 e. The second-order valence-electron chi connectivity index (χ2n) is 6.49. The number of nitrogens with one attached hydrogen (secondary N) is 3. The molecule has 1 atom stereocenters. The van der Waals surface area contributed by atoms with Crippen LogP contribution in [-0.2, 0) is 6.42 Å². The number of hydrogen-bond acceptors (Lipinski definition) is 3. The fourth-order valence-electron chi connectivity index (χ4n) is 2.53. The fourth-order valence-corrected chi connectivity index (χ4v) is 3.40. The molecule has 0 aliphatic rings. The van der Waals surface area contributed by atoms with Gasteiger partial charge in [-0.2, -0.15) is 0 Å². The first-order valence-corrected chi connectivity index (χ1v) is 9.88. The van der Waals surface area contributed by atoms with Gasteiger partial charge in [0.05, 0.1) is 0 Å². The summed E-state index contributed by atoms with van der Waals surface area (Å²) in [6, 6.07) is 8.70. The molecule has 0 fully saturated rings. The number of halogens is 2. The van der Waals surface area contributed by atoms with E-state index in [1.807, 2.05) is 0 Å². The van der Waals surface area contributed by atoms with Crippen LogP contribution in [0, 0.1) is 18.7 Å². The molecule has 1 heterocycles. The molecule has 154 valence electrons. The Balaban J connectivity index is 0.00000392. The fraction of sp³-hybridized carbons (Fsp3) is 0.400. The molecule has 0 saturated carbocycles. The van der Waals surface area contributed by atoms with Crippen LogP contribution in [0.15, 0.2) is 40.7 Å². The van der Waals surface area contributed by atoms with E-state index in [4.69, 9.17) is 0 Å². The number of hydrogen-bond donors (Lipinski definition) is 3. The Morgan fingerprint density at radius 3 is 2.61 bits per heavy atom. The molecule has 2 aromatic rings. The number of carbonyl (C=O) groups excluding carboxylic acids is 1. The van der Waals surface area contributed by atoms with E-state index in [0.29, 0.717) is 36.1 Å². The maximum Gasteiger partial charge on any atom is 0.251 e. The van der Waals surface area contributed by atoms with Gasteiger partial charge in [0, 0.05) is 37.1 Å². The zero-order valence-corrected chi connectivity index (χ0v) is 19.6. The summed E-state index contributed by atoms with van der Waals surface area (Å²) in [6.07, 6.45) is 1.03. The van der Waals surface area contributed by atoms with Crippen LogP contribution in [0.2, 0.25) is 0 Å². The lowest BCUT2D eigenvalue weighted by atomic mass is 10.1. The SMILES string of the molecule is CN=C(NCCNC(=O)c1ccc(C)c(F)c1)NCC(C)Cc1cccs1.I. The van der Waals surface area contributed by atoms with Crippen LogP contribution in [-0.4, -0.2) is 38.5 Å². The number of aryl methyl sites for hydroxylation is 1. The average molecular weight is 518 g/mol. The number of benzene rings is 1. The van der Waals surface area contributed by atoms with Crippen molar-refractivity contribution in [3.8, 4) is 0 Å². The highest BCUT2D eigenvalue weighted by molar-refractivity contribution is 14.0. The van der Waals surface area contributed by atoms with Gasteiger partial charge in [-0.25, -0.2) is 4.39 Å². The smallest absolute Gasteiger partial charge is 0.251 e. The maximum atomic E-state index is 13.5. The Bertz CT molecular complexity index is 768. The van der Waals surface area contributed by atoms with E-state index >= 15 is 0 Å². The van der Waals surface area contributed by atoms with Crippen LogP contribution in [0.5, 0.6) is 0 Å². The van der Waals surface area contributed by atoms with Crippen molar-refractivity contribution in [2.24, 2.45) is 10.9 Å². The van der Waals surface area contributed by atoms with Crippen LogP contribution >= 0.6 is 35.3 Å². The van der Waals surface area contributed by atoms with Gasteiger partial charge in [-0.15, -0.1) is 35.3 Å². The summed E-state index contributed by atoms with van der Waals surface area (Å²) in [6.45, 7) is 5.62. The second kappa shape index (κ2) is 12.7. The molecule has 0 saturated heterocycles. The van der Waals surface area contributed by atoms with Crippen molar-refractivity contribution in [1.29, 1.82) is 0 Å². The molecule has 5 nitrogen and oxygen atoms in total. The average Bonchev–Trinajstić information content (AvgIpc) is 3.16. The number of nitrogens with zero attached hydrogens (tertiary/aromatic N) is 1. The first-order chi connectivity index (χ1) is 13.0. The summed E-state index contributed by atoms with van der Waals surface area (Å²) in [7, 11) is 1.72. The molecular formula is C20H28FIN4OS. The predicted molar refractivity (Wildman–Crippen MR) is 125 cm³/mol. The van der Waals surface area contributed by atoms with Gasteiger partial charge < -0.3 is 16.0 Å². The highest BCUT2D eigenvalue weighted by Gasteiger charge is 2.08. The molecule has 0 aliphatic heterocycles. The van der Waals surface area contributed by atoms with Gasteiger partial charge >= 0.3 is 0 Å². The van der Waals surface area contributed by atoms with Gasteiger partial charge in [0.25, 0.3) is 5.91 Å². The summed E-state index contributed by atoms with van der Waals surface area (Å²) < 4.78 is 13.5. The molecule has 28 heavy (non-hydrogen) atoms. The standard InChI is InChI=1S/C20H27FN4OS.HI/c1-14(11-17-5-4-10-27-17)13-25-20(22-3)24-9-8-23-19(26)16-7-6-15(2)18(21)12-16;/h4-7,10,12,14H,8-9,11,13H2,1-3H3,(H,23,26)(H2,22,24,25);1H. The molecule has 0 spiro atoms. The van der Waals surface area contributed by atoms with Crippen molar-refractivity contribution in [2.45, 2.75) is 20.3 Å². The van der Waals surface area contributed by atoms with Crippen molar-refractivity contribution < 1.29 is 9.18 Å². The molecule has 3 N–H and O–H groups in total. The maximum absolute atomic E-state index is 13.5. The Labute approximate surface area is 187 Å². The molecule has 0 aliphatic carbocycles. The van der Waals surface area contributed by atoms with Gasteiger partial charge in [0.2, 0.25) is 0 Å². The number of carbonyl (C=O) groups is 1. The molecule has 1 unspecified atom stereocenters. The molecule has 0 bridgehead atoms. The Morgan fingerprint density at radius 2 is 1.96 bits per heavy atom. The second-order valence-corrected chi connectivity index (χ2v) is 7.52. The molecule has 1 aromatic carbocycles. The van der Waals surface area contributed by atoms with E-state index in [0.717, 1.165) is 13.0 Å². The third kappa shape index (κ3) is 8.14. The minimum absolute atomic E-state index is 0. The van der Waals surface area contributed by atoms with Crippen molar-refractivity contribution in [2.75, 3.05) is 26.7 Å². The van der Waals surface area contributed by atoms with Gasteiger partial charge in [-0.3, -0.25) is 9.79 Å². The van der Waals surface area contributed by atoms with Crippen molar-refractivity contribution in [3.05, 3.63) is 57.5 Å². The number of amides is 1. The lowest BCUT2D eigenvalue weighted by Gasteiger charge is -2.16. The lowest BCUT2D eigenvalue weighted by Crippen LogP contribution is -2.43. The number of thiophene rings is 1. The zero-order valence-electron chi connectivity index (χ0n) is 16.4. The van der Waals surface area contributed by atoms with Crippen molar-refractivity contribution >= 4 is 47.2 Å². The number of rotatable bonds is 8. The Morgan fingerprint density at radius 1 is 1.21 bits per heavy atom. The predicted octanol–water partition coefficient (Wildman–Crippen LogP) is 3.59. The summed E-state index contributed by atoms with van der Waals surface area (Å²) in [5, 5.41) is 11.3. The number of aliphatic imine (C=N–C) groups is 1. The minimum atomic E-state index is -0.373. The van der Waals surface area contributed by atoms with E-state index in [1.54, 1.807) is 37.4 Å². The van der Waals surface area contributed by atoms with Gasteiger partial charge in [0.15, 0.2) is 5.96 Å². The summed E-state index contributed by atoms with van der Waals surface area (Å²) >= 11 is 1.77. The molecular weight excluding hydrogens is 490 g/mol. The van der Waals surface area contributed by atoms with Crippen LogP contribution in [0.1, 0.15) is 27.7 Å². The zero-order chi connectivity index (χ0) is 19.6. The van der Waals surface area contributed by atoms with Crippen molar-refractivity contribution in [1.82, 2.24) is 16.0 Å². The van der Waals surface area contributed by atoms with Gasteiger partial charge in [-0.05, 0) is 48.4 Å². The highest BCUT2D eigenvalue weighted by Crippen LogP contribution is 2.13.